The molecule has 1 amide bonds. The minimum absolute atomic E-state index is 0.0686. The topological polar surface area (TPSA) is 56.5 Å². The maximum absolute atomic E-state index is 12.8. The fourth-order valence-electron chi connectivity index (χ4n) is 3.48. The molecule has 1 heterocycles. The van der Waals surface area contributed by atoms with E-state index in [0.717, 1.165) is 29.7 Å². The SMILES string of the molecule is CC1(C)CC(c2cccc(CC#N)c2)=NN1C(=O)CCCc1ccccc1. The van der Waals surface area contributed by atoms with Crippen molar-refractivity contribution in [2.24, 2.45) is 5.10 Å². The summed E-state index contributed by atoms with van der Waals surface area (Å²) in [6, 6.07) is 20.3. The molecule has 2 aromatic rings. The summed E-state index contributed by atoms with van der Waals surface area (Å²) in [6.07, 6.45) is 3.30. The summed E-state index contributed by atoms with van der Waals surface area (Å²) in [7, 11) is 0. The van der Waals surface area contributed by atoms with E-state index < -0.39 is 0 Å². The summed E-state index contributed by atoms with van der Waals surface area (Å²) in [4.78, 5) is 12.8. The zero-order chi connectivity index (χ0) is 19.3. The van der Waals surface area contributed by atoms with Gasteiger partial charge in [-0.05, 0) is 49.4 Å². The van der Waals surface area contributed by atoms with Gasteiger partial charge in [-0.1, -0.05) is 48.5 Å². The second-order valence-corrected chi connectivity index (χ2v) is 7.62. The van der Waals surface area contributed by atoms with E-state index in [9.17, 15) is 4.79 Å². The molecule has 1 aliphatic heterocycles. The summed E-state index contributed by atoms with van der Waals surface area (Å²) < 4.78 is 0. The van der Waals surface area contributed by atoms with Gasteiger partial charge in [-0.2, -0.15) is 10.4 Å². The highest BCUT2D eigenvalue weighted by Gasteiger charge is 2.38. The molecule has 2 aromatic carbocycles. The van der Waals surface area contributed by atoms with Crippen molar-refractivity contribution in [2.45, 2.75) is 51.5 Å². The fourth-order valence-corrected chi connectivity index (χ4v) is 3.48. The molecule has 0 aliphatic carbocycles. The molecule has 0 radical (unpaired) electrons. The highest BCUT2D eigenvalue weighted by molar-refractivity contribution is 6.03. The molecular formula is C23H25N3O. The van der Waals surface area contributed by atoms with Crippen LogP contribution >= 0.6 is 0 Å². The highest BCUT2D eigenvalue weighted by atomic mass is 16.2. The second kappa shape index (κ2) is 8.18. The number of aryl methyl sites for hydroxylation is 1. The van der Waals surface area contributed by atoms with Gasteiger partial charge in [0.15, 0.2) is 0 Å². The number of nitrogens with zero attached hydrogens (tertiary/aromatic N) is 3. The van der Waals surface area contributed by atoms with E-state index >= 15 is 0 Å². The molecule has 0 spiro atoms. The Morgan fingerprint density at radius 1 is 1.15 bits per heavy atom. The third kappa shape index (κ3) is 4.62. The van der Waals surface area contributed by atoms with E-state index in [2.05, 4.69) is 37.2 Å². The molecule has 4 heteroatoms. The third-order valence-corrected chi connectivity index (χ3v) is 4.87. The molecule has 3 rings (SSSR count). The van der Waals surface area contributed by atoms with Gasteiger partial charge in [0.05, 0.1) is 23.7 Å². The number of carbonyl (C=O) groups is 1. The van der Waals surface area contributed by atoms with Crippen LogP contribution in [0.3, 0.4) is 0 Å². The molecule has 0 fully saturated rings. The maximum atomic E-state index is 12.8. The van der Waals surface area contributed by atoms with Crippen LogP contribution in [-0.2, 0) is 17.6 Å². The van der Waals surface area contributed by atoms with Gasteiger partial charge in [0.1, 0.15) is 0 Å². The summed E-state index contributed by atoms with van der Waals surface area (Å²) in [6.45, 7) is 4.11. The molecule has 0 N–H and O–H groups in total. The first-order chi connectivity index (χ1) is 13.0. The summed E-state index contributed by atoms with van der Waals surface area (Å²) in [5.74, 6) is 0.0686. The Morgan fingerprint density at radius 2 is 1.89 bits per heavy atom. The van der Waals surface area contributed by atoms with Crippen molar-refractivity contribution in [3.63, 3.8) is 0 Å². The average Bonchev–Trinajstić information content (AvgIpc) is 2.98. The molecule has 0 unspecified atom stereocenters. The Morgan fingerprint density at radius 3 is 2.63 bits per heavy atom. The van der Waals surface area contributed by atoms with Gasteiger partial charge >= 0.3 is 0 Å². The van der Waals surface area contributed by atoms with Crippen molar-refractivity contribution >= 4 is 11.6 Å². The molecule has 0 aromatic heterocycles. The second-order valence-electron chi connectivity index (χ2n) is 7.62. The summed E-state index contributed by atoms with van der Waals surface area (Å²) >= 11 is 0. The number of hydrazone groups is 1. The quantitative estimate of drug-likeness (QED) is 0.763. The van der Waals surface area contributed by atoms with E-state index in [1.165, 1.54) is 5.56 Å². The van der Waals surface area contributed by atoms with Crippen LogP contribution in [0.2, 0.25) is 0 Å². The number of benzene rings is 2. The predicted octanol–water partition coefficient (Wildman–Crippen LogP) is 4.49. The number of nitriles is 1. The van der Waals surface area contributed by atoms with Gasteiger partial charge in [0, 0.05) is 12.8 Å². The van der Waals surface area contributed by atoms with Gasteiger partial charge in [-0.25, -0.2) is 5.01 Å². The first-order valence-corrected chi connectivity index (χ1v) is 9.40. The molecule has 0 bridgehead atoms. The lowest BCUT2D eigenvalue weighted by atomic mass is 9.93. The van der Waals surface area contributed by atoms with Gasteiger partial charge < -0.3 is 0 Å². The number of hydrogen-bond donors (Lipinski definition) is 0. The van der Waals surface area contributed by atoms with Crippen LogP contribution in [0.15, 0.2) is 59.7 Å². The van der Waals surface area contributed by atoms with Gasteiger partial charge in [-0.3, -0.25) is 4.79 Å². The Labute approximate surface area is 161 Å². The molecule has 27 heavy (non-hydrogen) atoms. The number of carbonyl (C=O) groups excluding carboxylic acids is 1. The minimum atomic E-state index is -0.329. The Balaban J connectivity index is 1.68. The van der Waals surface area contributed by atoms with Gasteiger partial charge in [0.25, 0.3) is 0 Å². The van der Waals surface area contributed by atoms with E-state index in [4.69, 9.17) is 5.26 Å². The summed E-state index contributed by atoms with van der Waals surface area (Å²) in [5, 5.41) is 15.2. The fraction of sp³-hybridized carbons (Fsp3) is 0.348. The zero-order valence-corrected chi connectivity index (χ0v) is 16.0. The lowest BCUT2D eigenvalue weighted by molar-refractivity contribution is -0.135. The summed E-state index contributed by atoms with van der Waals surface area (Å²) in [5.41, 5.74) is 3.81. The smallest absolute Gasteiger partial charge is 0.243 e. The van der Waals surface area contributed by atoms with Crippen molar-refractivity contribution in [2.75, 3.05) is 0 Å². The monoisotopic (exact) mass is 359 g/mol. The van der Waals surface area contributed by atoms with E-state index in [1.807, 2.05) is 42.5 Å². The number of rotatable bonds is 6. The Hall–Kier alpha value is -2.93. The first kappa shape index (κ1) is 18.8. The standard InChI is InChI=1S/C23H25N3O/c1-23(2)17-21(20-12-6-11-19(16-20)14-15-24)25-26(23)22(27)13-7-10-18-8-4-3-5-9-18/h3-6,8-9,11-12,16H,7,10,13-14,17H2,1-2H3. The lowest BCUT2D eigenvalue weighted by Crippen LogP contribution is -2.40. The van der Waals surface area contributed by atoms with Crippen LogP contribution in [0.4, 0.5) is 0 Å². The van der Waals surface area contributed by atoms with Crippen LogP contribution in [-0.4, -0.2) is 22.2 Å². The maximum Gasteiger partial charge on any atom is 0.243 e. The lowest BCUT2D eigenvalue weighted by Gasteiger charge is -2.28. The highest BCUT2D eigenvalue weighted by Crippen LogP contribution is 2.30. The molecule has 138 valence electrons. The average molecular weight is 359 g/mol. The molecule has 0 atom stereocenters. The van der Waals surface area contributed by atoms with Crippen LogP contribution in [0, 0.1) is 11.3 Å². The van der Waals surface area contributed by atoms with Gasteiger partial charge in [-0.15, -0.1) is 0 Å². The third-order valence-electron chi connectivity index (χ3n) is 4.87. The molecule has 0 saturated carbocycles. The molecular weight excluding hydrogens is 334 g/mol. The van der Waals surface area contributed by atoms with Gasteiger partial charge in [0.2, 0.25) is 5.91 Å². The van der Waals surface area contributed by atoms with E-state index in [0.29, 0.717) is 19.3 Å². The first-order valence-electron chi connectivity index (χ1n) is 9.40. The number of amides is 1. The minimum Gasteiger partial charge on any atom is -0.273 e. The predicted molar refractivity (Wildman–Crippen MR) is 107 cm³/mol. The largest absolute Gasteiger partial charge is 0.273 e. The van der Waals surface area contributed by atoms with Crippen LogP contribution < -0.4 is 0 Å². The zero-order valence-electron chi connectivity index (χ0n) is 16.0. The van der Waals surface area contributed by atoms with Crippen LogP contribution in [0.1, 0.15) is 49.8 Å². The normalized spacial score (nSPS) is 15.3. The molecule has 0 saturated heterocycles. The van der Waals surface area contributed by atoms with Crippen LogP contribution in [0.25, 0.3) is 0 Å². The molecule has 1 aliphatic rings. The van der Waals surface area contributed by atoms with E-state index in [-0.39, 0.29) is 11.4 Å². The molecule has 4 nitrogen and oxygen atoms in total. The number of hydrogen-bond acceptors (Lipinski definition) is 3. The van der Waals surface area contributed by atoms with Crippen molar-refractivity contribution in [3.8, 4) is 6.07 Å². The van der Waals surface area contributed by atoms with E-state index in [1.54, 1.807) is 5.01 Å². The van der Waals surface area contributed by atoms with Crippen LogP contribution in [0.5, 0.6) is 0 Å². The van der Waals surface area contributed by atoms with Crippen molar-refractivity contribution in [1.29, 1.82) is 5.26 Å². The van der Waals surface area contributed by atoms with Crippen molar-refractivity contribution in [1.82, 2.24) is 5.01 Å². The Bertz CT molecular complexity index is 878. The van der Waals surface area contributed by atoms with Crippen molar-refractivity contribution in [3.05, 3.63) is 71.3 Å². The Kier molecular flexibility index (Phi) is 5.71. The van der Waals surface area contributed by atoms with Crippen molar-refractivity contribution < 1.29 is 4.79 Å².